The number of nitrogens with zero attached hydrogens (tertiary/aromatic N) is 3. The van der Waals surface area contributed by atoms with Crippen molar-refractivity contribution >= 4 is 40.6 Å². The summed E-state index contributed by atoms with van der Waals surface area (Å²) in [5.41, 5.74) is 0. The third-order valence-corrected chi connectivity index (χ3v) is 6.64. The number of halogens is 1. The van der Waals surface area contributed by atoms with Gasteiger partial charge in [-0.25, -0.2) is 0 Å². The zero-order chi connectivity index (χ0) is 20.1. The third-order valence-electron chi connectivity index (χ3n) is 4.45. The number of hydrogen-bond donors (Lipinski definition) is 1. The van der Waals surface area contributed by atoms with E-state index in [2.05, 4.69) is 26.1 Å². The molecule has 3 aromatic rings. The first kappa shape index (κ1) is 20.3. The number of thiophene rings is 1. The van der Waals surface area contributed by atoms with Gasteiger partial charge in [0.15, 0.2) is 11.0 Å². The van der Waals surface area contributed by atoms with Crippen molar-refractivity contribution < 1.29 is 9.53 Å². The Morgan fingerprint density at radius 2 is 2.14 bits per heavy atom. The summed E-state index contributed by atoms with van der Waals surface area (Å²) >= 11 is 9.27. The van der Waals surface area contributed by atoms with Gasteiger partial charge in [0.05, 0.1) is 10.8 Å². The molecule has 0 spiro atoms. The summed E-state index contributed by atoms with van der Waals surface area (Å²) in [6.45, 7) is 0.937. The van der Waals surface area contributed by atoms with Gasteiger partial charge < -0.3 is 10.1 Å². The molecule has 0 radical (unpaired) electrons. The molecule has 2 heterocycles. The van der Waals surface area contributed by atoms with Crippen molar-refractivity contribution in [3.05, 3.63) is 57.5 Å². The fourth-order valence-corrected chi connectivity index (χ4v) is 4.62. The van der Waals surface area contributed by atoms with E-state index in [-0.39, 0.29) is 5.91 Å². The number of nitrogens with one attached hydrogen (secondary N) is 1. The number of aromatic nitrogens is 3. The maximum atomic E-state index is 12.2. The molecule has 0 aliphatic heterocycles. The number of para-hydroxylation sites is 1. The molecule has 1 aliphatic carbocycles. The molecule has 1 amide bonds. The second kappa shape index (κ2) is 9.65. The molecule has 2 aromatic heterocycles. The normalized spacial score (nSPS) is 13.4. The summed E-state index contributed by atoms with van der Waals surface area (Å²) in [7, 11) is 0. The van der Waals surface area contributed by atoms with E-state index in [9.17, 15) is 4.79 Å². The molecule has 152 valence electrons. The highest BCUT2D eigenvalue weighted by Gasteiger charge is 2.30. The van der Waals surface area contributed by atoms with Crippen molar-refractivity contribution in [1.82, 2.24) is 20.1 Å². The molecule has 1 aliphatic rings. The van der Waals surface area contributed by atoms with E-state index in [0.29, 0.717) is 35.7 Å². The first-order valence-corrected chi connectivity index (χ1v) is 11.7. The molecule has 1 fully saturated rings. The maximum absolute atomic E-state index is 12.2. The van der Waals surface area contributed by atoms with Crippen LogP contribution in [0, 0.1) is 0 Å². The molecule has 1 aromatic carbocycles. The summed E-state index contributed by atoms with van der Waals surface area (Å²) < 4.78 is 7.92. The largest absolute Gasteiger partial charge is 0.484 e. The van der Waals surface area contributed by atoms with Gasteiger partial charge in [-0.3, -0.25) is 9.36 Å². The fraction of sp³-hybridized carbons (Fsp3) is 0.350. The van der Waals surface area contributed by atoms with Crippen LogP contribution in [0.2, 0.25) is 5.02 Å². The smallest absolute Gasteiger partial charge is 0.230 e. The van der Waals surface area contributed by atoms with Crippen LogP contribution in [-0.4, -0.2) is 33.0 Å². The van der Waals surface area contributed by atoms with Crippen molar-refractivity contribution in [3.8, 4) is 5.75 Å². The fourth-order valence-electron chi connectivity index (χ4n) is 2.87. The van der Waals surface area contributed by atoms with Crippen LogP contribution in [0.15, 0.2) is 46.9 Å². The zero-order valence-electron chi connectivity index (χ0n) is 15.7. The minimum Gasteiger partial charge on any atom is -0.484 e. The lowest BCUT2D eigenvalue weighted by atomic mass is 10.3. The second-order valence-electron chi connectivity index (χ2n) is 6.69. The highest BCUT2D eigenvalue weighted by atomic mass is 35.5. The Morgan fingerprint density at radius 1 is 1.28 bits per heavy atom. The number of carbonyl (C=O) groups is 1. The van der Waals surface area contributed by atoms with Crippen LogP contribution < -0.4 is 10.1 Å². The van der Waals surface area contributed by atoms with E-state index in [1.54, 1.807) is 17.4 Å². The molecule has 1 N–H and O–H groups in total. The van der Waals surface area contributed by atoms with E-state index in [1.807, 2.05) is 29.6 Å². The Morgan fingerprint density at radius 3 is 2.90 bits per heavy atom. The van der Waals surface area contributed by atoms with Gasteiger partial charge in [-0.05, 0) is 42.8 Å². The molecule has 4 rings (SSSR count). The van der Waals surface area contributed by atoms with Crippen molar-refractivity contribution in [2.75, 3.05) is 12.3 Å². The van der Waals surface area contributed by atoms with E-state index < -0.39 is 0 Å². The van der Waals surface area contributed by atoms with Crippen LogP contribution in [0.5, 0.6) is 5.75 Å². The first-order chi connectivity index (χ1) is 14.2. The molecule has 0 bridgehead atoms. The zero-order valence-corrected chi connectivity index (χ0v) is 18.1. The average Bonchev–Trinajstić information content (AvgIpc) is 3.26. The van der Waals surface area contributed by atoms with E-state index in [4.69, 9.17) is 16.3 Å². The van der Waals surface area contributed by atoms with Crippen LogP contribution >= 0.6 is 34.7 Å². The Kier molecular flexibility index (Phi) is 6.74. The topological polar surface area (TPSA) is 69.0 Å². The van der Waals surface area contributed by atoms with Gasteiger partial charge in [0, 0.05) is 17.5 Å². The van der Waals surface area contributed by atoms with Gasteiger partial charge in [0.2, 0.25) is 5.91 Å². The quantitative estimate of drug-likeness (QED) is 0.467. The van der Waals surface area contributed by atoms with Crippen LogP contribution in [0.1, 0.15) is 29.6 Å². The number of benzene rings is 1. The summed E-state index contributed by atoms with van der Waals surface area (Å²) in [5, 5.41) is 14.9. The number of hydrogen-bond acceptors (Lipinski definition) is 6. The van der Waals surface area contributed by atoms with Crippen LogP contribution in [0.4, 0.5) is 0 Å². The van der Waals surface area contributed by atoms with Crippen LogP contribution in [0.3, 0.4) is 0 Å². The Balaban J connectivity index is 1.31. The summed E-state index contributed by atoms with van der Waals surface area (Å²) in [5.74, 6) is 1.71. The average molecular weight is 449 g/mol. The van der Waals surface area contributed by atoms with Crippen molar-refractivity contribution in [2.24, 2.45) is 0 Å². The predicted octanol–water partition coefficient (Wildman–Crippen LogP) is 4.36. The Hall–Kier alpha value is -2.03. The predicted molar refractivity (Wildman–Crippen MR) is 116 cm³/mol. The lowest BCUT2D eigenvalue weighted by Gasteiger charge is -2.10. The van der Waals surface area contributed by atoms with E-state index >= 15 is 0 Å². The molecule has 6 nitrogen and oxygen atoms in total. The van der Waals surface area contributed by atoms with Crippen molar-refractivity contribution in [2.45, 2.75) is 37.1 Å². The van der Waals surface area contributed by atoms with Crippen LogP contribution in [0.25, 0.3) is 0 Å². The highest BCUT2D eigenvalue weighted by Crippen LogP contribution is 2.39. The number of ether oxygens (including phenoxy) is 1. The molecular weight excluding hydrogens is 428 g/mol. The SMILES string of the molecule is O=C(CSc1nnc(COc2ccccc2Cl)n1C1CC1)NCCc1cccs1. The van der Waals surface area contributed by atoms with Crippen molar-refractivity contribution in [3.63, 3.8) is 0 Å². The number of rotatable bonds is 10. The Bertz CT molecular complexity index is 957. The lowest BCUT2D eigenvalue weighted by molar-refractivity contribution is -0.118. The Labute approximate surface area is 182 Å². The molecule has 29 heavy (non-hydrogen) atoms. The van der Waals surface area contributed by atoms with Gasteiger partial charge in [0.1, 0.15) is 12.4 Å². The summed E-state index contributed by atoms with van der Waals surface area (Å²) in [6, 6.07) is 11.9. The summed E-state index contributed by atoms with van der Waals surface area (Å²) in [4.78, 5) is 13.4. The van der Waals surface area contributed by atoms with Gasteiger partial charge in [-0.15, -0.1) is 21.5 Å². The standard InChI is InChI=1S/C20H21ClN4O2S2/c21-16-5-1-2-6-17(16)27-12-18-23-24-20(25(18)14-7-8-14)29-13-19(26)22-10-9-15-4-3-11-28-15/h1-6,11,14H,7-10,12-13H2,(H,22,26). The number of amides is 1. The van der Waals surface area contributed by atoms with Crippen molar-refractivity contribution in [1.29, 1.82) is 0 Å². The molecule has 0 unspecified atom stereocenters. The second-order valence-corrected chi connectivity index (χ2v) is 9.07. The first-order valence-electron chi connectivity index (χ1n) is 9.43. The number of thioether (sulfide) groups is 1. The molecule has 9 heteroatoms. The maximum Gasteiger partial charge on any atom is 0.230 e. The molecule has 0 saturated heterocycles. The van der Waals surface area contributed by atoms with Gasteiger partial charge >= 0.3 is 0 Å². The van der Waals surface area contributed by atoms with Crippen LogP contribution in [-0.2, 0) is 17.8 Å². The number of carbonyl (C=O) groups excluding carboxylic acids is 1. The lowest BCUT2D eigenvalue weighted by Crippen LogP contribution is -2.27. The minimum atomic E-state index is 0.00534. The minimum absolute atomic E-state index is 0.00534. The van der Waals surface area contributed by atoms with Gasteiger partial charge in [-0.1, -0.05) is 41.6 Å². The molecule has 1 saturated carbocycles. The summed E-state index contributed by atoms with van der Waals surface area (Å²) in [6.07, 6.45) is 3.05. The van der Waals surface area contributed by atoms with Gasteiger partial charge in [-0.2, -0.15) is 0 Å². The monoisotopic (exact) mass is 448 g/mol. The third kappa shape index (κ3) is 5.52. The highest BCUT2D eigenvalue weighted by molar-refractivity contribution is 7.99. The van der Waals surface area contributed by atoms with E-state index in [1.165, 1.54) is 16.6 Å². The molecule has 0 atom stereocenters. The van der Waals surface area contributed by atoms with Gasteiger partial charge in [0.25, 0.3) is 0 Å². The van der Waals surface area contributed by atoms with E-state index in [0.717, 1.165) is 30.2 Å². The molecular formula is C20H21ClN4O2S2.